The fraction of sp³-hybridized carbons (Fsp3) is 0.364. The average Bonchev–Trinajstić information content (AvgIpc) is 3.15. The van der Waals surface area contributed by atoms with E-state index in [1.807, 2.05) is 19.1 Å². The van der Waals surface area contributed by atoms with Crippen LogP contribution in [-0.2, 0) is 0 Å². The third-order valence-electron chi connectivity index (χ3n) is 5.38. The van der Waals surface area contributed by atoms with E-state index in [-0.39, 0.29) is 17.2 Å². The second kappa shape index (κ2) is 8.23. The summed E-state index contributed by atoms with van der Waals surface area (Å²) in [5.74, 6) is 1.27. The number of nitrogens with one attached hydrogen (secondary N) is 1. The number of amides is 1. The van der Waals surface area contributed by atoms with E-state index in [0.29, 0.717) is 17.5 Å². The molecule has 1 aliphatic rings. The number of fused-ring (bicyclic) bond motifs is 1. The van der Waals surface area contributed by atoms with Gasteiger partial charge in [-0.1, -0.05) is 12.1 Å². The standard InChI is InChI=1S/C22H25N3O4/c1-15-7-8-20(28-15)17(25-11-9-24(2)10-12-25)14-23-22(27)21-13-18(26)16-5-3-4-6-19(16)29-21/h3-8,13,17H,9-12,14H2,1-2H3,(H,23,27)/t17-/m0/s1. The maximum atomic E-state index is 12.7. The third kappa shape index (κ3) is 4.26. The molecule has 0 aliphatic carbocycles. The van der Waals surface area contributed by atoms with Crippen LogP contribution < -0.4 is 10.7 Å². The topological polar surface area (TPSA) is 78.9 Å². The van der Waals surface area contributed by atoms with Crippen molar-refractivity contribution in [3.8, 4) is 0 Å². The number of hydrogen-bond donors (Lipinski definition) is 1. The van der Waals surface area contributed by atoms with E-state index in [4.69, 9.17) is 8.83 Å². The van der Waals surface area contributed by atoms with Gasteiger partial charge in [-0.25, -0.2) is 0 Å². The van der Waals surface area contributed by atoms with Gasteiger partial charge >= 0.3 is 0 Å². The molecule has 1 N–H and O–H groups in total. The van der Waals surface area contributed by atoms with Gasteiger partial charge in [-0.15, -0.1) is 0 Å². The van der Waals surface area contributed by atoms with Gasteiger partial charge in [-0.3, -0.25) is 14.5 Å². The Hall–Kier alpha value is -2.90. The highest BCUT2D eigenvalue weighted by Crippen LogP contribution is 2.24. The Morgan fingerprint density at radius 1 is 1.10 bits per heavy atom. The molecule has 3 heterocycles. The molecular formula is C22H25N3O4. The molecule has 29 heavy (non-hydrogen) atoms. The highest BCUT2D eigenvalue weighted by Gasteiger charge is 2.27. The number of likely N-dealkylation sites (N-methyl/N-ethyl adjacent to an activating group) is 1. The predicted molar refractivity (Wildman–Crippen MR) is 110 cm³/mol. The SMILES string of the molecule is Cc1ccc([C@H](CNC(=O)c2cc(=O)c3ccccc3o2)N2CCN(C)CC2)o1. The second-order valence-electron chi connectivity index (χ2n) is 7.48. The highest BCUT2D eigenvalue weighted by atomic mass is 16.3. The van der Waals surface area contributed by atoms with Gasteiger partial charge in [0.25, 0.3) is 5.91 Å². The van der Waals surface area contributed by atoms with Gasteiger partial charge in [-0.05, 0) is 38.2 Å². The molecule has 0 radical (unpaired) electrons. The average molecular weight is 395 g/mol. The molecule has 7 nitrogen and oxygen atoms in total. The quantitative estimate of drug-likeness (QED) is 0.715. The summed E-state index contributed by atoms with van der Waals surface area (Å²) in [5.41, 5.74) is 0.178. The summed E-state index contributed by atoms with van der Waals surface area (Å²) < 4.78 is 11.5. The molecule has 0 unspecified atom stereocenters. The number of rotatable bonds is 5. The molecule has 152 valence electrons. The lowest BCUT2D eigenvalue weighted by Crippen LogP contribution is -2.48. The molecule has 1 aromatic carbocycles. The van der Waals surface area contributed by atoms with Gasteiger partial charge in [-0.2, -0.15) is 0 Å². The van der Waals surface area contributed by atoms with Gasteiger partial charge in [0, 0.05) is 38.8 Å². The van der Waals surface area contributed by atoms with E-state index in [9.17, 15) is 9.59 Å². The summed E-state index contributed by atoms with van der Waals surface area (Å²) in [6, 6.07) is 12.0. The van der Waals surface area contributed by atoms with Crippen LogP contribution in [0.1, 0.15) is 28.1 Å². The Labute approximate surface area is 168 Å². The summed E-state index contributed by atoms with van der Waals surface area (Å²) in [6.45, 7) is 5.98. The van der Waals surface area contributed by atoms with Crippen molar-refractivity contribution in [2.24, 2.45) is 0 Å². The van der Waals surface area contributed by atoms with E-state index in [1.54, 1.807) is 24.3 Å². The third-order valence-corrected chi connectivity index (χ3v) is 5.38. The van der Waals surface area contributed by atoms with Crippen LogP contribution in [0.15, 0.2) is 56.1 Å². The fourth-order valence-electron chi connectivity index (χ4n) is 3.67. The van der Waals surface area contributed by atoms with Crippen LogP contribution in [-0.4, -0.2) is 55.5 Å². The minimum atomic E-state index is -0.407. The molecule has 0 bridgehead atoms. The fourth-order valence-corrected chi connectivity index (χ4v) is 3.67. The van der Waals surface area contributed by atoms with E-state index < -0.39 is 5.91 Å². The monoisotopic (exact) mass is 395 g/mol. The minimum absolute atomic E-state index is 0.0152. The summed E-state index contributed by atoms with van der Waals surface area (Å²) in [5, 5.41) is 3.38. The summed E-state index contributed by atoms with van der Waals surface area (Å²) in [6.07, 6.45) is 0. The molecule has 1 aliphatic heterocycles. The second-order valence-corrected chi connectivity index (χ2v) is 7.48. The van der Waals surface area contributed by atoms with Crippen molar-refractivity contribution in [3.05, 3.63) is 70.0 Å². The summed E-state index contributed by atoms with van der Waals surface area (Å²) >= 11 is 0. The van der Waals surface area contributed by atoms with Gasteiger partial charge in [0.1, 0.15) is 17.1 Å². The molecular weight excluding hydrogens is 370 g/mol. The number of carbonyl (C=O) groups excluding carboxylic acids is 1. The maximum absolute atomic E-state index is 12.7. The van der Waals surface area contributed by atoms with Crippen molar-refractivity contribution in [2.45, 2.75) is 13.0 Å². The van der Waals surface area contributed by atoms with Crippen molar-refractivity contribution in [1.82, 2.24) is 15.1 Å². The zero-order valence-corrected chi connectivity index (χ0v) is 16.7. The largest absolute Gasteiger partial charge is 0.465 e. The Morgan fingerprint density at radius 2 is 1.86 bits per heavy atom. The van der Waals surface area contributed by atoms with Crippen LogP contribution in [0.25, 0.3) is 11.0 Å². The first kappa shape index (κ1) is 19.4. The van der Waals surface area contributed by atoms with Crippen molar-refractivity contribution in [1.29, 1.82) is 0 Å². The highest BCUT2D eigenvalue weighted by molar-refractivity contribution is 5.93. The molecule has 2 aromatic heterocycles. The van der Waals surface area contributed by atoms with Gasteiger partial charge in [0.2, 0.25) is 0 Å². The molecule has 0 spiro atoms. The van der Waals surface area contributed by atoms with Crippen molar-refractivity contribution >= 4 is 16.9 Å². The van der Waals surface area contributed by atoms with Crippen LogP contribution in [0.5, 0.6) is 0 Å². The molecule has 3 aromatic rings. The zero-order chi connectivity index (χ0) is 20.4. The van der Waals surface area contributed by atoms with Gasteiger partial charge in [0.05, 0.1) is 11.4 Å². The molecule has 1 fully saturated rings. The van der Waals surface area contributed by atoms with Crippen molar-refractivity contribution < 1.29 is 13.6 Å². The minimum Gasteiger partial charge on any atom is -0.465 e. The molecule has 1 atom stereocenters. The van der Waals surface area contributed by atoms with Crippen molar-refractivity contribution in [2.75, 3.05) is 39.8 Å². The van der Waals surface area contributed by atoms with Gasteiger partial charge in [0.15, 0.2) is 11.2 Å². The van der Waals surface area contributed by atoms with Crippen LogP contribution in [0.3, 0.4) is 0 Å². The first-order valence-corrected chi connectivity index (χ1v) is 9.81. The summed E-state index contributed by atoms with van der Waals surface area (Å²) in [4.78, 5) is 29.6. The molecule has 4 rings (SSSR count). The Kier molecular flexibility index (Phi) is 5.51. The Bertz CT molecular complexity index is 1060. The smallest absolute Gasteiger partial charge is 0.287 e. The number of piperazine rings is 1. The number of para-hydroxylation sites is 1. The number of aryl methyl sites for hydroxylation is 1. The predicted octanol–water partition coefficient (Wildman–Crippen LogP) is 2.41. The molecule has 1 saturated heterocycles. The van der Waals surface area contributed by atoms with Crippen LogP contribution in [0.2, 0.25) is 0 Å². The number of nitrogens with zero attached hydrogens (tertiary/aromatic N) is 2. The lowest BCUT2D eigenvalue weighted by molar-refractivity contribution is 0.0830. The normalized spacial score (nSPS) is 16.8. The molecule has 0 saturated carbocycles. The number of benzene rings is 1. The van der Waals surface area contributed by atoms with Crippen LogP contribution >= 0.6 is 0 Å². The molecule has 1 amide bonds. The Morgan fingerprint density at radius 3 is 2.59 bits per heavy atom. The lowest BCUT2D eigenvalue weighted by Gasteiger charge is -2.37. The summed E-state index contributed by atoms with van der Waals surface area (Å²) in [7, 11) is 2.10. The number of furan rings is 1. The van der Waals surface area contributed by atoms with Crippen LogP contribution in [0.4, 0.5) is 0 Å². The first-order valence-electron chi connectivity index (χ1n) is 9.81. The van der Waals surface area contributed by atoms with E-state index >= 15 is 0 Å². The van der Waals surface area contributed by atoms with E-state index in [1.165, 1.54) is 6.07 Å². The zero-order valence-electron chi connectivity index (χ0n) is 16.7. The van der Waals surface area contributed by atoms with Crippen molar-refractivity contribution in [3.63, 3.8) is 0 Å². The maximum Gasteiger partial charge on any atom is 0.287 e. The number of hydrogen-bond acceptors (Lipinski definition) is 6. The molecule has 7 heteroatoms. The number of carbonyl (C=O) groups is 1. The lowest BCUT2D eigenvalue weighted by atomic mass is 10.1. The first-order chi connectivity index (χ1) is 14.0. The van der Waals surface area contributed by atoms with E-state index in [0.717, 1.165) is 37.7 Å². The van der Waals surface area contributed by atoms with E-state index in [2.05, 4.69) is 22.2 Å². The van der Waals surface area contributed by atoms with Gasteiger partial charge < -0.3 is 19.1 Å². The van der Waals surface area contributed by atoms with Crippen LogP contribution in [0, 0.1) is 6.92 Å². The Balaban J connectivity index is 1.52.